The Morgan fingerprint density at radius 1 is 1.15 bits per heavy atom. The monoisotopic (exact) mass is 382 g/mol. The van der Waals surface area contributed by atoms with Gasteiger partial charge >= 0.3 is 6.18 Å². The molecule has 0 radical (unpaired) electrons. The van der Waals surface area contributed by atoms with E-state index in [-0.39, 0.29) is 16.5 Å². The van der Waals surface area contributed by atoms with Crippen molar-refractivity contribution in [1.29, 1.82) is 0 Å². The predicted octanol–water partition coefficient (Wildman–Crippen LogP) is 4.32. The van der Waals surface area contributed by atoms with E-state index < -0.39 is 16.7 Å². The molecule has 2 aromatic rings. The number of anilines is 1. The topological polar surface area (TPSA) is 79.6 Å². The van der Waals surface area contributed by atoms with Crippen LogP contribution in [0.3, 0.4) is 0 Å². The summed E-state index contributed by atoms with van der Waals surface area (Å²) in [5.74, 6) is 0. The van der Waals surface area contributed by atoms with Gasteiger partial charge in [-0.25, -0.2) is 0 Å². The number of hydrogen-bond donors (Lipinski definition) is 2. The van der Waals surface area contributed by atoms with E-state index in [1.807, 2.05) is 0 Å². The van der Waals surface area contributed by atoms with Crippen LogP contribution in [0.4, 0.5) is 24.5 Å². The number of thiocarbonyl (C=S) groups is 1. The number of non-ortho nitro benzene ring substituents is 1. The van der Waals surface area contributed by atoms with Crippen LogP contribution < -0.4 is 10.7 Å². The molecule has 6 nitrogen and oxygen atoms in total. The highest BCUT2D eigenvalue weighted by Gasteiger charge is 2.33. The standard InChI is InChI=1S/C16H13F3N4O2S/c1-10(11-6-8-12(9-7-11)23(24)25)21-22-15(26)20-14-5-3-2-4-13(14)16(17,18)19/h2-9H,1H3,(H2,20,22,26)/b21-10-. The molecule has 0 aliphatic rings. The molecule has 0 unspecified atom stereocenters. The Kier molecular flexibility index (Phi) is 5.88. The normalized spacial score (nSPS) is 11.8. The summed E-state index contributed by atoms with van der Waals surface area (Å²) in [7, 11) is 0. The Balaban J connectivity index is 2.06. The number of halogens is 3. The summed E-state index contributed by atoms with van der Waals surface area (Å²) in [6.07, 6.45) is -4.52. The molecule has 136 valence electrons. The second-order valence-electron chi connectivity index (χ2n) is 5.11. The van der Waals surface area contributed by atoms with Crippen LogP contribution in [0.2, 0.25) is 0 Å². The first-order valence-electron chi connectivity index (χ1n) is 7.21. The summed E-state index contributed by atoms with van der Waals surface area (Å²) in [6.45, 7) is 1.63. The van der Waals surface area contributed by atoms with Gasteiger partial charge in [-0.1, -0.05) is 12.1 Å². The van der Waals surface area contributed by atoms with Gasteiger partial charge in [0, 0.05) is 12.1 Å². The fourth-order valence-corrected chi connectivity index (χ4v) is 2.17. The van der Waals surface area contributed by atoms with Crippen LogP contribution in [0.25, 0.3) is 0 Å². The van der Waals surface area contributed by atoms with E-state index in [1.165, 1.54) is 42.5 Å². The highest BCUT2D eigenvalue weighted by Crippen LogP contribution is 2.34. The summed E-state index contributed by atoms with van der Waals surface area (Å²) < 4.78 is 38.8. The van der Waals surface area contributed by atoms with E-state index in [9.17, 15) is 23.3 Å². The maximum Gasteiger partial charge on any atom is 0.418 e. The molecule has 2 aromatic carbocycles. The number of nitro groups is 1. The van der Waals surface area contributed by atoms with Crippen molar-refractivity contribution in [3.63, 3.8) is 0 Å². The fraction of sp³-hybridized carbons (Fsp3) is 0.125. The zero-order valence-electron chi connectivity index (χ0n) is 13.4. The molecule has 0 heterocycles. The average molecular weight is 382 g/mol. The van der Waals surface area contributed by atoms with Gasteiger partial charge in [-0.3, -0.25) is 15.5 Å². The molecule has 0 aliphatic carbocycles. The largest absolute Gasteiger partial charge is 0.418 e. The number of hydrogen-bond acceptors (Lipinski definition) is 4. The van der Waals surface area contributed by atoms with Crippen LogP contribution in [-0.4, -0.2) is 15.7 Å². The Morgan fingerprint density at radius 2 is 1.77 bits per heavy atom. The molecule has 0 aliphatic heterocycles. The highest BCUT2D eigenvalue weighted by atomic mass is 32.1. The molecule has 10 heteroatoms. The van der Waals surface area contributed by atoms with Gasteiger partial charge < -0.3 is 5.32 Å². The van der Waals surface area contributed by atoms with Crippen molar-refractivity contribution in [3.8, 4) is 0 Å². The summed E-state index contributed by atoms with van der Waals surface area (Å²) in [6, 6.07) is 10.6. The number of benzene rings is 2. The van der Waals surface area contributed by atoms with Gasteiger partial charge in [-0.2, -0.15) is 18.3 Å². The summed E-state index contributed by atoms with van der Waals surface area (Å²) in [4.78, 5) is 10.1. The van der Waals surface area contributed by atoms with Gasteiger partial charge in [0.05, 0.1) is 21.9 Å². The fourth-order valence-electron chi connectivity index (χ4n) is 2.01. The second-order valence-corrected chi connectivity index (χ2v) is 5.52. The van der Waals surface area contributed by atoms with Crippen LogP contribution in [0.1, 0.15) is 18.1 Å². The average Bonchev–Trinajstić information content (AvgIpc) is 2.59. The molecule has 0 bridgehead atoms. The summed E-state index contributed by atoms with van der Waals surface area (Å²) in [5.41, 5.74) is 2.40. The van der Waals surface area contributed by atoms with Gasteiger partial charge in [0.1, 0.15) is 0 Å². The maximum absolute atomic E-state index is 12.9. The van der Waals surface area contributed by atoms with Crippen molar-refractivity contribution in [2.24, 2.45) is 5.10 Å². The molecule has 0 fully saturated rings. The Morgan fingerprint density at radius 3 is 2.35 bits per heavy atom. The molecular weight excluding hydrogens is 369 g/mol. The van der Waals surface area contributed by atoms with Crippen LogP contribution in [-0.2, 0) is 6.18 Å². The lowest BCUT2D eigenvalue weighted by molar-refractivity contribution is -0.384. The van der Waals surface area contributed by atoms with Crippen LogP contribution in [0.15, 0.2) is 53.6 Å². The van der Waals surface area contributed by atoms with Gasteiger partial charge in [0.2, 0.25) is 0 Å². The van der Waals surface area contributed by atoms with E-state index in [4.69, 9.17) is 12.2 Å². The third-order valence-corrected chi connectivity index (χ3v) is 3.50. The minimum absolute atomic E-state index is 0.0598. The Bertz CT molecular complexity index is 851. The Hall–Kier alpha value is -3.01. The number of hydrazone groups is 1. The maximum atomic E-state index is 12.9. The van der Waals surface area contributed by atoms with Crippen molar-refractivity contribution in [2.75, 3.05) is 5.32 Å². The van der Waals surface area contributed by atoms with Crippen LogP contribution >= 0.6 is 12.2 Å². The first kappa shape index (κ1) is 19.3. The van der Waals surface area contributed by atoms with E-state index in [2.05, 4.69) is 15.8 Å². The third kappa shape index (κ3) is 4.99. The first-order chi connectivity index (χ1) is 12.2. The summed E-state index contributed by atoms with van der Waals surface area (Å²) >= 11 is 4.96. The molecule has 0 saturated carbocycles. The van der Waals surface area contributed by atoms with E-state index in [0.29, 0.717) is 11.3 Å². The van der Waals surface area contributed by atoms with Crippen molar-refractivity contribution in [2.45, 2.75) is 13.1 Å². The van der Waals surface area contributed by atoms with Crippen molar-refractivity contribution < 1.29 is 18.1 Å². The molecular formula is C16H13F3N4O2S. The molecule has 0 amide bonds. The smallest absolute Gasteiger partial charge is 0.331 e. The lowest BCUT2D eigenvalue weighted by Crippen LogP contribution is -2.26. The highest BCUT2D eigenvalue weighted by molar-refractivity contribution is 7.80. The number of rotatable bonds is 4. The number of nitrogens with zero attached hydrogens (tertiary/aromatic N) is 2. The lowest BCUT2D eigenvalue weighted by Gasteiger charge is -2.14. The van der Waals surface area contributed by atoms with Gasteiger partial charge in [-0.15, -0.1) is 0 Å². The molecule has 0 saturated heterocycles. The van der Waals surface area contributed by atoms with Crippen molar-refractivity contribution >= 4 is 34.4 Å². The minimum Gasteiger partial charge on any atom is -0.331 e. The first-order valence-corrected chi connectivity index (χ1v) is 7.61. The van der Waals surface area contributed by atoms with Gasteiger partial charge in [0.25, 0.3) is 5.69 Å². The molecule has 2 rings (SSSR count). The number of nitrogens with one attached hydrogen (secondary N) is 2. The SMILES string of the molecule is C/C(=N/NC(=S)Nc1ccccc1C(F)(F)F)c1ccc([N+](=O)[O-])cc1. The van der Waals surface area contributed by atoms with E-state index in [1.54, 1.807) is 6.92 Å². The van der Waals surface area contributed by atoms with Crippen LogP contribution in [0.5, 0.6) is 0 Å². The van der Waals surface area contributed by atoms with Crippen LogP contribution in [0, 0.1) is 10.1 Å². The van der Waals surface area contributed by atoms with E-state index in [0.717, 1.165) is 6.07 Å². The van der Waals surface area contributed by atoms with Gasteiger partial charge in [0.15, 0.2) is 5.11 Å². The number of para-hydroxylation sites is 1. The molecule has 2 N–H and O–H groups in total. The Labute approximate surface area is 151 Å². The quantitative estimate of drug-likeness (QED) is 0.356. The molecule has 0 spiro atoms. The lowest BCUT2D eigenvalue weighted by atomic mass is 10.1. The predicted molar refractivity (Wildman–Crippen MR) is 96.1 cm³/mol. The van der Waals surface area contributed by atoms with Gasteiger partial charge in [-0.05, 0) is 49.0 Å². The molecule has 0 aromatic heterocycles. The number of alkyl halides is 3. The third-order valence-electron chi connectivity index (χ3n) is 3.30. The molecule has 0 atom stereocenters. The number of nitro benzene ring substituents is 1. The zero-order chi connectivity index (χ0) is 19.3. The molecule has 26 heavy (non-hydrogen) atoms. The van der Waals surface area contributed by atoms with Crippen molar-refractivity contribution in [3.05, 3.63) is 69.8 Å². The van der Waals surface area contributed by atoms with Crippen molar-refractivity contribution in [1.82, 2.24) is 5.43 Å². The minimum atomic E-state index is -4.52. The second kappa shape index (κ2) is 7.91. The van der Waals surface area contributed by atoms with E-state index >= 15 is 0 Å². The summed E-state index contributed by atoms with van der Waals surface area (Å²) in [5, 5.41) is 16.9. The zero-order valence-corrected chi connectivity index (χ0v) is 14.2.